The number of aromatic nitrogens is 3. The van der Waals surface area contributed by atoms with E-state index in [0.717, 1.165) is 11.0 Å². The Morgan fingerprint density at radius 3 is 2.73 bits per heavy atom. The highest BCUT2D eigenvalue weighted by molar-refractivity contribution is 6.07. The van der Waals surface area contributed by atoms with Crippen LogP contribution in [0.3, 0.4) is 0 Å². The number of anilines is 3. The molecule has 2 heterocycles. The zero-order valence-electron chi connectivity index (χ0n) is 13.5. The third kappa shape index (κ3) is 3.23. The third-order valence-electron chi connectivity index (χ3n) is 3.87. The van der Waals surface area contributed by atoms with E-state index in [-0.39, 0.29) is 11.7 Å². The van der Waals surface area contributed by atoms with Gasteiger partial charge in [-0.3, -0.25) is 9.78 Å². The van der Waals surface area contributed by atoms with Gasteiger partial charge in [-0.2, -0.15) is 0 Å². The molecule has 0 saturated carbocycles. The number of nitrogens with zero attached hydrogens (tertiary/aromatic N) is 2. The van der Waals surface area contributed by atoms with E-state index in [0.29, 0.717) is 22.6 Å². The van der Waals surface area contributed by atoms with Gasteiger partial charge < -0.3 is 15.6 Å². The maximum Gasteiger partial charge on any atom is 0.255 e. The first kappa shape index (κ1) is 15.8. The summed E-state index contributed by atoms with van der Waals surface area (Å²) < 4.78 is 13.0. The van der Waals surface area contributed by atoms with Crippen LogP contribution in [0.2, 0.25) is 0 Å². The lowest BCUT2D eigenvalue weighted by molar-refractivity contribution is 0.102. The van der Waals surface area contributed by atoms with Crippen molar-refractivity contribution in [2.45, 2.75) is 0 Å². The van der Waals surface area contributed by atoms with Crippen molar-refractivity contribution in [1.82, 2.24) is 15.0 Å². The van der Waals surface area contributed by atoms with E-state index in [9.17, 15) is 9.18 Å². The second kappa shape index (κ2) is 6.64. The third-order valence-corrected chi connectivity index (χ3v) is 3.87. The topological polar surface area (TPSA) is 82.7 Å². The number of benzene rings is 2. The van der Waals surface area contributed by atoms with Crippen molar-refractivity contribution in [2.75, 3.05) is 10.6 Å². The molecule has 0 aliphatic heterocycles. The number of amides is 1. The molecule has 128 valence electrons. The number of carbonyl (C=O) groups excluding carboxylic acids is 1. The number of aromatic amines is 1. The van der Waals surface area contributed by atoms with Gasteiger partial charge in [0.1, 0.15) is 5.82 Å². The SMILES string of the molecule is O=C(Nc1ccncc1Nc1ccc(F)cc1)c1ccc2nc[nH]c2c1. The fraction of sp³-hybridized carbons (Fsp3) is 0. The number of fused-ring (bicyclic) bond motifs is 1. The lowest BCUT2D eigenvalue weighted by Gasteiger charge is -2.12. The van der Waals surface area contributed by atoms with Gasteiger partial charge in [0.2, 0.25) is 0 Å². The average Bonchev–Trinajstić information content (AvgIpc) is 3.13. The van der Waals surface area contributed by atoms with Crippen LogP contribution in [-0.4, -0.2) is 20.9 Å². The number of rotatable bonds is 4. The van der Waals surface area contributed by atoms with E-state index in [1.807, 2.05) is 0 Å². The Bertz CT molecular complexity index is 1070. The zero-order chi connectivity index (χ0) is 17.9. The summed E-state index contributed by atoms with van der Waals surface area (Å²) >= 11 is 0. The Kier molecular flexibility index (Phi) is 4.03. The van der Waals surface area contributed by atoms with Gasteiger partial charge in [0.15, 0.2) is 0 Å². The van der Waals surface area contributed by atoms with Crippen LogP contribution < -0.4 is 10.6 Å². The van der Waals surface area contributed by atoms with Gasteiger partial charge in [0.25, 0.3) is 5.91 Å². The zero-order valence-corrected chi connectivity index (χ0v) is 13.5. The molecule has 0 bridgehead atoms. The summed E-state index contributed by atoms with van der Waals surface area (Å²) in [5.41, 5.74) is 3.95. The number of hydrogen-bond acceptors (Lipinski definition) is 4. The number of H-pyrrole nitrogens is 1. The molecule has 0 spiro atoms. The molecule has 0 aliphatic carbocycles. The van der Waals surface area contributed by atoms with E-state index < -0.39 is 0 Å². The van der Waals surface area contributed by atoms with Crippen LogP contribution in [0, 0.1) is 5.82 Å². The molecule has 1 amide bonds. The summed E-state index contributed by atoms with van der Waals surface area (Å²) in [7, 11) is 0. The highest BCUT2D eigenvalue weighted by Gasteiger charge is 2.11. The monoisotopic (exact) mass is 347 g/mol. The maximum absolute atomic E-state index is 13.0. The van der Waals surface area contributed by atoms with Crippen molar-refractivity contribution in [1.29, 1.82) is 0 Å². The Morgan fingerprint density at radius 2 is 1.88 bits per heavy atom. The van der Waals surface area contributed by atoms with Crippen molar-refractivity contribution < 1.29 is 9.18 Å². The summed E-state index contributed by atoms with van der Waals surface area (Å²) in [5, 5.41) is 5.99. The molecule has 2 aromatic carbocycles. The highest BCUT2D eigenvalue weighted by Crippen LogP contribution is 2.25. The van der Waals surface area contributed by atoms with E-state index in [1.165, 1.54) is 12.1 Å². The van der Waals surface area contributed by atoms with E-state index in [4.69, 9.17) is 0 Å². The van der Waals surface area contributed by atoms with Crippen LogP contribution in [0.5, 0.6) is 0 Å². The van der Waals surface area contributed by atoms with Crippen LogP contribution in [0.1, 0.15) is 10.4 Å². The number of pyridine rings is 1. The van der Waals surface area contributed by atoms with Gasteiger partial charge in [-0.1, -0.05) is 0 Å². The molecule has 26 heavy (non-hydrogen) atoms. The molecule has 7 heteroatoms. The molecular weight excluding hydrogens is 333 g/mol. The first-order valence-electron chi connectivity index (χ1n) is 7.90. The molecule has 4 aromatic rings. The van der Waals surface area contributed by atoms with Crippen LogP contribution >= 0.6 is 0 Å². The molecule has 4 rings (SSSR count). The first-order chi connectivity index (χ1) is 12.7. The van der Waals surface area contributed by atoms with Crippen molar-refractivity contribution >= 4 is 34.0 Å². The number of carbonyl (C=O) groups is 1. The van der Waals surface area contributed by atoms with Crippen molar-refractivity contribution in [3.05, 3.63) is 78.6 Å². The second-order valence-corrected chi connectivity index (χ2v) is 5.64. The van der Waals surface area contributed by atoms with Crippen molar-refractivity contribution in [2.24, 2.45) is 0 Å². The van der Waals surface area contributed by atoms with Crippen LogP contribution in [0.15, 0.2) is 67.3 Å². The molecule has 0 unspecified atom stereocenters. The lowest BCUT2D eigenvalue weighted by Crippen LogP contribution is -2.13. The summed E-state index contributed by atoms with van der Waals surface area (Å²) in [4.78, 5) is 23.8. The highest BCUT2D eigenvalue weighted by atomic mass is 19.1. The molecule has 0 aliphatic rings. The van der Waals surface area contributed by atoms with Crippen molar-refractivity contribution in [3.8, 4) is 0 Å². The fourth-order valence-corrected chi connectivity index (χ4v) is 2.56. The Hall–Kier alpha value is -3.74. The fourth-order valence-electron chi connectivity index (χ4n) is 2.56. The van der Waals surface area contributed by atoms with Gasteiger partial charge >= 0.3 is 0 Å². The normalized spacial score (nSPS) is 10.7. The van der Waals surface area contributed by atoms with Gasteiger partial charge in [0, 0.05) is 17.4 Å². The number of halogens is 1. The van der Waals surface area contributed by atoms with Crippen LogP contribution in [0.25, 0.3) is 11.0 Å². The minimum absolute atomic E-state index is 0.255. The standard InChI is InChI=1S/C19H14FN5O/c20-13-2-4-14(5-3-13)24-18-10-21-8-7-16(18)25-19(26)12-1-6-15-17(9-12)23-11-22-15/h1-11,24H,(H,22,23)(H,21,25,26). The molecule has 6 nitrogen and oxygen atoms in total. The van der Waals surface area contributed by atoms with Crippen LogP contribution in [-0.2, 0) is 0 Å². The second-order valence-electron chi connectivity index (χ2n) is 5.64. The Balaban J connectivity index is 1.57. The maximum atomic E-state index is 13.0. The largest absolute Gasteiger partial charge is 0.353 e. The molecule has 0 fully saturated rings. The quantitative estimate of drug-likeness (QED) is 0.519. The van der Waals surface area contributed by atoms with Gasteiger partial charge in [0.05, 0.1) is 34.9 Å². The number of nitrogens with one attached hydrogen (secondary N) is 3. The Labute approximate surface area is 148 Å². The predicted octanol–water partition coefficient (Wildman–Crippen LogP) is 4.09. The minimum Gasteiger partial charge on any atom is -0.353 e. The first-order valence-corrected chi connectivity index (χ1v) is 7.90. The lowest BCUT2D eigenvalue weighted by atomic mass is 10.2. The van der Waals surface area contributed by atoms with Gasteiger partial charge in [-0.15, -0.1) is 0 Å². The molecule has 0 radical (unpaired) electrons. The van der Waals surface area contributed by atoms with E-state index >= 15 is 0 Å². The molecule has 0 atom stereocenters. The van der Waals surface area contributed by atoms with Crippen LogP contribution in [0.4, 0.5) is 21.5 Å². The van der Waals surface area contributed by atoms with E-state index in [2.05, 4.69) is 25.6 Å². The smallest absolute Gasteiger partial charge is 0.255 e. The summed E-state index contributed by atoms with van der Waals surface area (Å²) in [6.45, 7) is 0. The molecule has 0 saturated heterocycles. The van der Waals surface area contributed by atoms with Gasteiger partial charge in [-0.25, -0.2) is 9.37 Å². The van der Waals surface area contributed by atoms with Crippen molar-refractivity contribution in [3.63, 3.8) is 0 Å². The molecule has 3 N–H and O–H groups in total. The predicted molar refractivity (Wildman–Crippen MR) is 98.0 cm³/mol. The summed E-state index contributed by atoms with van der Waals surface area (Å²) in [5.74, 6) is -0.570. The Morgan fingerprint density at radius 1 is 1.04 bits per heavy atom. The average molecular weight is 347 g/mol. The van der Waals surface area contributed by atoms with Gasteiger partial charge in [-0.05, 0) is 48.5 Å². The summed E-state index contributed by atoms with van der Waals surface area (Å²) in [6.07, 6.45) is 4.76. The molecular formula is C19H14FN5O. The number of hydrogen-bond donors (Lipinski definition) is 3. The minimum atomic E-state index is -0.315. The number of imidazole rings is 1. The molecule has 2 aromatic heterocycles. The van der Waals surface area contributed by atoms with E-state index in [1.54, 1.807) is 55.1 Å². The summed E-state index contributed by atoms with van der Waals surface area (Å²) in [6, 6.07) is 12.9.